The maximum atomic E-state index is 12.7. The first-order valence-electron chi connectivity index (χ1n) is 8.95. The van der Waals surface area contributed by atoms with E-state index in [0.717, 1.165) is 0 Å². The number of carbonyl (C=O) groups is 3. The van der Waals surface area contributed by atoms with Crippen molar-refractivity contribution in [2.45, 2.75) is 18.9 Å². The third-order valence-electron chi connectivity index (χ3n) is 5.06. The average Bonchev–Trinajstić information content (AvgIpc) is 3.18. The van der Waals surface area contributed by atoms with Crippen molar-refractivity contribution in [2.75, 3.05) is 37.0 Å². The number of halogens is 1. The zero-order valence-corrected chi connectivity index (χ0v) is 17.0. The minimum absolute atomic E-state index is 0.0336. The van der Waals surface area contributed by atoms with Gasteiger partial charge in [-0.25, -0.2) is 8.42 Å². The molecule has 1 N–H and O–H groups in total. The van der Waals surface area contributed by atoms with Crippen LogP contribution in [0.1, 0.15) is 12.8 Å². The van der Waals surface area contributed by atoms with Crippen LogP contribution in [-0.2, 0) is 24.2 Å². The van der Waals surface area contributed by atoms with Crippen molar-refractivity contribution >= 4 is 44.8 Å². The Morgan fingerprint density at radius 1 is 1.32 bits per heavy atom. The summed E-state index contributed by atoms with van der Waals surface area (Å²) in [5, 5.41) is 3.05. The summed E-state index contributed by atoms with van der Waals surface area (Å²) in [6.07, 6.45) is 0.441. The molecule has 10 heteroatoms. The highest BCUT2D eigenvalue weighted by Crippen LogP contribution is 2.27. The van der Waals surface area contributed by atoms with Gasteiger partial charge in [0.15, 0.2) is 9.84 Å². The van der Waals surface area contributed by atoms with Gasteiger partial charge in [-0.3, -0.25) is 14.4 Å². The lowest BCUT2D eigenvalue weighted by Crippen LogP contribution is -2.41. The number of benzene rings is 1. The van der Waals surface area contributed by atoms with Gasteiger partial charge in [-0.1, -0.05) is 23.7 Å². The number of anilines is 1. The number of likely N-dealkylation sites (N-methyl/N-ethyl adjacent to an activating group) is 1. The highest BCUT2D eigenvalue weighted by atomic mass is 35.5. The molecule has 0 saturated carbocycles. The fourth-order valence-corrected chi connectivity index (χ4v) is 5.54. The normalized spacial score (nSPS) is 23.6. The van der Waals surface area contributed by atoms with Crippen molar-refractivity contribution in [2.24, 2.45) is 5.92 Å². The van der Waals surface area contributed by atoms with E-state index in [4.69, 9.17) is 11.6 Å². The van der Waals surface area contributed by atoms with Crippen LogP contribution >= 0.6 is 11.6 Å². The van der Waals surface area contributed by atoms with Crippen molar-refractivity contribution in [3.05, 3.63) is 29.3 Å². The summed E-state index contributed by atoms with van der Waals surface area (Å²) in [6.45, 7) is 0.0148. The molecule has 8 nitrogen and oxygen atoms in total. The van der Waals surface area contributed by atoms with Gasteiger partial charge in [0.05, 0.1) is 34.7 Å². The Morgan fingerprint density at radius 3 is 2.68 bits per heavy atom. The third-order valence-corrected chi connectivity index (χ3v) is 7.14. The molecule has 0 aliphatic carbocycles. The van der Waals surface area contributed by atoms with E-state index in [0.29, 0.717) is 17.1 Å². The molecule has 2 fully saturated rings. The molecule has 3 amide bonds. The Balaban J connectivity index is 1.56. The zero-order valence-electron chi connectivity index (χ0n) is 15.4. The van der Waals surface area contributed by atoms with Gasteiger partial charge in [-0.2, -0.15) is 0 Å². The first kappa shape index (κ1) is 20.6. The number of hydrogen-bond acceptors (Lipinski definition) is 5. The zero-order chi connectivity index (χ0) is 20.5. The highest BCUT2D eigenvalue weighted by Gasteiger charge is 2.42. The Bertz CT molecular complexity index is 904. The van der Waals surface area contributed by atoms with Crippen molar-refractivity contribution in [3.8, 4) is 0 Å². The summed E-state index contributed by atoms with van der Waals surface area (Å²) >= 11 is 6.00. The van der Waals surface area contributed by atoms with Gasteiger partial charge in [0, 0.05) is 26.1 Å². The first-order valence-corrected chi connectivity index (χ1v) is 11.2. The molecule has 0 unspecified atom stereocenters. The number of nitrogens with zero attached hydrogens (tertiary/aromatic N) is 2. The summed E-state index contributed by atoms with van der Waals surface area (Å²) in [6, 6.07) is 6.42. The van der Waals surface area contributed by atoms with Crippen molar-refractivity contribution in [1.82, 2.24) is 9.80 Å². The maximum Gasteiger partial charge on any atom is 0.244 e. The number of sulfone groups is 1. The number of hydrogen-bond donors (Lipinski definition) is 1. The molecule has 0 bridgehead atoms. The lowest BCUT2D eigenvalue weighted by Gasteiger charge is -2.24. The van der Waals surface area contributed by atoms with E-state index in [1.165, 1.54) is 16.8 Å². The monoisotopic (exact) mass is 427 g/mol. The predicted octanol–water partition coefficient (Wildman–Crippen LogP) is 0.772. The van der Waals surface area contributed by atoms with E-state index in [1.807, 2.05) is 0 Å². The largest absolute Gasteiger partial charge is 0.338 e. The summed E-state index contributed by atoms with van der Waals surface area (Å²) in [7, 11) is -1.61. The third kappa shape index (κ3) is 4.64. The van der Waals surface area contributed by atoms with Gasteiger partial charge in [-0.05, 0) is 18.6 Å². The van der Waals surface area contributed by atoms with Crippen molar-refractivity contribution < 1.29 is 22.8 Å². The topological polar surface area (TPSA) is 104 Å². The smallest absolute Gasteiger partial charge is 0.244 e. The molecule has 1 aromatic carbocycles. The molecule has 28 heavy (non-hydrogen) atoms. The van der Waals surface area contributed by atoms with E-state index < -0.39 is 21.7 Å². The van der Waals surface area contributed by atoms with Crippen LogP contribution in [0.4, 0.5) is 5.69 Å². The molecule has 152 valence electrons. The second-order valence-corrected chi connectivity index (χ2v) is 9.86. The molecule has 0 radical (unpaired) electrons. The van der Waals surface area contributed by atoms with Crippen LogP contribution in [0.5, 0.6) is 0 Å². The Morgan fingerprint density at radius 2 is 2.04 bits per heavy atom. The lowest BCUT2D eigenvalue weighted by molar-refractivity contribution is -0.137. The van der Waals surface area contributed by atoms with Crippen LogP contribution in [0.15, 0.2) is 24.3 Å². The standard InChI is InChI=1S/C18H22ClN3O5S/c1-21(10-16(23)20-15-5-3-2-4-14(15)19)18(25)12-8-17(24)22(9-12)13-6-7-28(26,27)11-13/h2-5,12-13H,6-11H2,1H3,(H,20,23)/t12-,13+/m1/s1. The predicted molar refractivity (Wildman–Crippen MR) is 105 cm³/mol. The Hall–Kier alpha value is -2.13. The van der Waals surface area contributed by atoms with Crippen LogP contribution in [0.3, 0.4) is 0 Å². The molecule has 3 rings (SSSR count). The SMILES string of the molecule is CN(CC(=O)Nc1ccccc1Cl)C(=O)[C@@H]1CC(=O)N([C@H]2CCS(=O)(=O)C2)C1. The van der Waals surface area contributed by atoms with Crippen molar-refractivity contribution in [3.63, 3.8) is 0 Å². The maximum absolute atomic E-state index is 12.7. The molecule has 1 aromatic rings. The second-order valence-electron chi connectivity index (χ2n) is 7.23. The quantitative estimate of drug-likeness (QED) is 0.747. The van der Waals surface area contributed by atoms with Gasteiger partial charge in [-0.15, -0.1) is 0 Å². The van der Waals surface area contributed by atoms with Crippen LogP contribution in [0.2, 0.25) is 5.02 Å². The van der Waals surface area contributed by atoms with Crippen LogP contribution in [0.25, 0.3) is 0 Å². The number of likely N-dealkylation sites (tertiary alicyclic amines) is 1. The second kappa shape index (κ2) is 8.08. The molecule has 0 aromatic heterocycles. The van der Waals surface area contributed by atoms with Crippen LogP contribution in [-0.4, -0.2) is 73.6 Å². The molecule has 2 aliphatic heterocycles. The van der Waals surface area contributed by atoms with Gasteiger partial charge in [0.2, 0.25) is 17.7 Å². The number of amides is 3. The van der Waals surface area contributed by atoms with E-state index in [9.17, 15) is 22.8 Å². The van der Waals surface area contributed by atoms with Gasteiger partial charge in [0.1, 0.15) is 0 Å². The first-order chi connectivity index (χ1) is 13.2. The van der Waals surface area contributed by atoms with E-state index in [-0.39, 0.29) is 48.9 Å². The minimum atomic E-state index is -3.11. The summed E-state index contributed by atoms with van der Waals surface area (Å²) in [4.78, 5) is 39.9. The molecular formula is C18H22ClN3O5S. The fourth-order valence-electron chi connectivity index (χ4n) is 3.63. The van der Waals surface area contributed by atoms with E-state index >= 15 is 0 Å². The molecule has 0 spiro atoms. The highest BCUT2D eigenvalue weighted by molar-refractivity contribution is 7.91. The Labute approximate surface area is 168 Å². The molecule has 2 saturated heterocycles. The minimum Gasteiger partial charge on any atom is -0.338 e. The van der Waals surface area contributed by atoms with Gasteiger partial charge in [0.25, 0.3) is 0 Å². The van der Waals surface area contributed by atoms with E-state index in [2.05, 4.69) is 5.32 Å². The fraction of sp³-hybridized carbons (Fsp3) is 0.500. The van der Waals surface area contributed by atoms with Gasteiger partial charge < -0.3 is 15.1 Å². The molecular weight excluding hydrogens is 406 g/mol. The number of rotatable bonds is 5. The number of para-hydroxylation sites is 1. The summed E-state index contributed by atoms with van der Waals surface area (Å²) in [5.74, 6) is -1.47. The summed E-state index contributed by atoms with van der Waals surface area (Å²) < 4.78 is 23.3. The number of carbonyl (C=O) groups excluding carboxylic acids is 3. The average molecular weight is 428 g/mol. The molecule has 2 atom stereocenters. The summed E-state index contributed by atoms with van der Waals surface area (Å²) in [5.41, 5.74) is 0.458. The molecule has 2 aliphatic rings. The van der Waals surface area contributed by atoms with Gasteiger partial charge >= 0.3 is 0 Å². The Kier molecular flexibility index (Phi) is 5.95. The van der Waals surface area contributed by atoms with Crippen molar-refractivity contribution in [1.29, 1.82) is 0 Å². The van der Waals surface area contributed by atoms with Crippen LogP contribution in [0, 0.1) is 5.92 Å². The van der Waals surface area contributed by atoms with E-state index in [1.54, 1.807) is 24.3 Å². The molecule has 2 heterocycles. The lowest BCUT2D eigenvalue weighted by atomic mass is 10.1. The number of nitrogens with one attached hydrogen (secondary N) is 1. The van der Waals surface area contributed by atoms with Crippen LogP contribution < -0.4 is 5.32 Å².